The molecular formula is C21H19F3N4O4. The number of rotatable bonds is 4. The highest BCUT2D eigenvalue weighted by Crippen LogP contribution is 2.27. The van der Waals surface area contributed by atoms with Crippen LogP contribution in [0.5, 0.6) is 5.75 Å². The molecular weight excluding hydrogens is 429 g/mol. The summed E-state index contributed by atoms with van der Waals surface area (Å²) in [7, 11) is 1.59. The van der Waals surface area contributed by atoms with Crippen LogP contribution in [0.1, 0.15) is 17.5 Å². The number of ether oxygens (including phenoxy) is 1. The van der Waals surface area contributed by atoms with Crippen LogP contribution in [-0.2, 0) is 19.9 Å². The van der Waals surface area contributed by atoms with Crippen LogP contribution in [0.3, 0.4) is 0 Å². The Morgan fingerprint density at radius 1 is 1.12 bits per heavy atom. The van der Waals surface area contributed by atoms with Crippen molar-refractivity contribution in [2.75, 3.05) is 5.32 Å². The van der Waals surface area contributed by atoms with Crippen LogP contribution in [0.25, 0.3) is 5.69 Å². The van der Waals surface area contributed by atoms with Gasteiger partial charge in [0.15, 0.2) is 5.82 Å². The largest absolute Gasteiger partial charge is 0.573 e. The van der Waals surface area contributed by atoms with Gasteiger partial charge in [0.1, 0.15) is 11.4 Å². The van der Waals surface area contributed by atoms with Gasteiger partial charge in [-0.1, -0.05) is 0 Å². The highest BCUT2D eigenvalue weighted by molar-refractivity contribution is 5.60. The molecule has 32 heavy (non-hydrogen) atoms. The van der Waals surface area contributed by atoms with Gasteiger partial charge in [0.2, 0.25) is 0 Å². The molecule has 0 fully saturated rings. The molecule has 8 nitrogen and oxygen atoms in total. The zero-order valence-corrected chi connectivity index (χ0v) is 16.9. The van der Waals surface area contributed by atoms with Gasteiger partial charge in [0, 0.05) is 30.8 Å². The highest BCUT2D eigenvalue weighted by Gasteiger charge is 2.31. The predicted octanol–water partition coefficient (Wildman–Crippen LogP) is 2.42. The number of aryl methyl sites for hydroxylation is 1. The Balaban J connectivity index is 1.80. The van der Waals surface area contributed by atoms with E-state index in [1.807, 2.05) is 0 Å². The molecule has 0 spiro atoms. The second-order valence-electron chi connectivity index (χ2n) is 7.42. The molecule has 0 saturated carbocycles. The van der Waals surface area contributed by atoms with Crippen LogP contribution in [0.4, 0.5) is 24.7 Å². The molecule has 168 valence electrons. The van der Waals surface area contributed by atoms with E-state index in [1.54, 1.807) is 25.4 Å². The summed E-state index contributed by atoms with van der Waals surface area (Å²) in [5, 5.41) is 17.4. The first-order valence-electron chi connectivity index (χ1n) is 9.74. The molecule has 0 bridgehead atoms. The fraction of sp³-hybridized carbons (Fsp3) is 0.286. The first-order valence-corrected chi connectivity index (χ1v) is 9.74. The first-order chi connectivity index (χ1) is 15.1. The number of hydrogen-bond donors (Lipinski definition) is 2. The molecule has 1 unspecified atom stereocenters. The predicted molar refractivity (Wildman–Crippen MR) is 110 cm³/mol. The Kier molecular flexibility index (Phi) is 5.51. The lowest BCUT2D eigenvalue weighted by atomic mass is 9.91. The van der Waals surface area contributed by atoms with Crippen molar-refractivity contribution in [2.24, 2.45) is 7.05 Å². The van der Waals surface area contributed by atoms with E-state index in [9.17, 15) is 27.9 Å². The number of hydrogen-bond acceptors (Lipinski definition) is 6. The zero-order valence-electron chi connectivity index (χ0n) is 16.9. The maximum atomic E-state index is 13.1. The minimum absolute atomic E-state index is 0.187. The molecule has 11 heteroatoms. The summed E-state index contributed by atoms with van der Waals surface area (Å²) >= 11 is 0. The molecule has 1 aliphatic carbocycles. The third-order valence-corrected chi connectivity index (χ3v) is 5.16. The summed E-state index contributed by atoms with van der Waals surface area (Å²) < 4.78 is 43.6. The number of anilines is 2. The second-order valence-corrected chi connectivity index (χ2v) is 7.42. The van der Waals surface area contributed by atoms with Crippen LogP contribution in [0, 0.1) is 0 Å². The smallest absolute Gasteiger partial charge is 0.406 e. The Morgan fingerprint density at radius 3 is 2.53 bits per heavy atom. The lowest BCUT2D eigenvalue weighted by Crippen LogP contribution is -2.33. The molecule has 2 N–H and O–H groups in total. The topological polar surface area (TPSA) is 98.4 Å². The number of aliphatic hydroxyl groups excluding tert-OH is 1. The van der Waals surface area contributed by atoms with E-state index >= 15 is 0 Å². The van der Waals surface area contributed by atoms with E-state index in [-0.39, 0.29) is 29.2 Å². The summed E-state index contributed by atoms with van der Waals surface area (Å²) in [5.41, 5.74) is 0.629. The van der Waals surface area contributed by atoms with Crippen LogP contribution in [0.15, 0.2) is 52.2 Å². The minimum Gasteiger partial charge on any atom is -0.406 e. The van der Waals surface area contributed by atoms with E-state index in [0.29, 0.717) is 24.0 Å². The number of benzene rings is 1. The third-order valence-electron chi connectivity index (χ3n) is 5.16. The molecule has 0 amide bonds. The Hall–Kier alpha value is -3.60. The van der Waals surface area contributed by atoms with E-state index < -0.39 is 23.8 Å². The van der Waals surface area contributed by atoms with E-state index in [0.717, 1.165) is 16.8 Å². The molecule has 0 saturated heterocycles. The Labute approximate surface area is 179 Å². The van der Waals surface area contributed by atoms with Crippen LogP contribution < -0.4 is 21.2 Å². The molecule has 0 radical (unpaired) electrons. The van der Waals surface area contributed by atoms with Crippen LogP contribution >= 0.6 is 0 Å². The van der Waals surface area contributed by atoms with Crippen molar-refractivity contribution in [1.82, 2.24) is 14.3 Å². The van der Waals surface area contributed by atoms with Gasteiger partial charge in [0.05, 0.1) is 11.8 Å². The quantitative estimate of drug-likeness (QED) is 0.636. The van der Waals surface area contributed by atoms with Gasteiger partial charge in [0.25, 0.3) is 11.1 Å². The second kappa shape index (κ2) is 8.15. The maximum Gasteiger partial charge on any atom is 0.573 e. The van der Waals surface area contributed by atoms with Gasteiger partial charge < -0.3 is 19.7 Å². The summed E-state index contributed by atoms with van der Waals surface area (Å²) in [6.07, 6.45) is -3.02. The maximum absolute atomic E-state index is 13.1. The highest BCUT2D eigenvalue weighted by atomic mass is 19.4. The lowest BCUT2D eigenvalue weighted by Gasteiger charge is -2.24. The molecule has 2 heterocycles. The summed E-state index contributed by atoms with van der Waals surface area (Å²) in [6.45, 7) is 0. The van der Waals surface area contributed by atoms with Gasteiger partial charge in [-0.2, -0.15) is 4.68 Å². The number of nitrogens with zero attached hydrogens (tertiary/aromatic N) is 3. The summed E-state index contributed by atoms with van der Waals surface area (Å²) in [5.74, 6) is -0.209. The van der Waals surface area contributed by atoms with Crippen molar-refractivity contribution in [3.05, 3.63) is 74.4 Å². The van der Waals surface area contributed by atoms with Crippen LogP contribution in [0.2, 0.25) is 0 Å². The number of halogens is 3. The number of aromatic nitrogens is 3. The number of pyridine rings is 1. The number of nitrogens with one attached hydrogen (secondary N) is 1. The molecule has 0 aliphatic heterocycles. The van der Waals surface area contributed by atoms with Crippen molar-refractivity contribution in [2.45, 2.75) is 31.7 Å². The van der Waals surface area contributed by atoms with E-state index in [2.05, 4.69) is 15.2 Å². The third kappa shape index (κ3) is 4.37. The first kappa shape index (κ1) is 21.6. The SMILES string of the molecule is Cn1cccc(Nc2nn(-c3ccc(OC(F)(F)F)cc3)c(=O)c3c2CC(O)CC3)c1=O. The number of fused-ring (bicyclic) bond motifs is 1. The van der Waals surface area contributed by atoms with Crippen molar-refractivity contribution >= 4 is 11.5 Å². The van der Waals surface area contributed by atoms with Crippen molar-refractivity contribution in [3.8, 4) is 11.4 Å². The number of alkyl halides is 3. The fourth-order valence-electron chi connectivity index (χ4n) is 3.62. The van der Waals surface area contributed by atoms with Crippen molar-refractivity contribution < 1.29 is 23.0 Å². The van der Waals surface area contributed by atoms with Gasteiger partial charge in [-0.05, 0) is 49.2 Å². The molecule has 4 rings (SSSR count). The average molecular weight is 448 g/mol. The van der Waals surface area contributed by atoms with Gasteiger partial charge >= 0.3 is 6.36 Å². The standard InChI is InChI=1S/C21H19F3N4O4/c1-27-10-2-3-17(20(27)31)25-18-16-11-13(29)6-9-15(16)19(30)28(26-18)12-4-7-14(8-5-12)32-21(22,23)24/h2-5,7-8,10,13,29H,6,9,11H2,1H3,(H,25,26). The molecule has 3 aromatic rings. The van der Waals surface area contributed by atoms with Gasteiger partial charge in [-0.15, -0.1) is 18.3 Å². The summed E-state index contributed by atoms with van der Waals surface area (Å²) in [4.78, 5) is 25.5. The Bertz CT molecular complexity index is 1270. The zero-order chi connectivity index (χ0) is 23.0. The Morgan fingerprint density at radius 2 is 1.84 bits per heavy atom. The van der Waals surface area contributed by atoms with Crippen molar-refractivity contribution in [3.63, 3.8) is 0 Å². The van der Waals surface area contributed by atoms with Crippen LogP contribution in [-0.4, -0.2) is 31.9 Å². The van der Waals surface area contributed by atoms with E-state index in [1.165, 1.54) is 16.7 Å². The molecule has 1 aliphatic rings. The monoisotopic (exact) mass is 448 g/mol. The average Bonchev–Trinajstić information content (AvgIpc) is 2.73. The normalized spacial score (nSPS) is 15.8. The summed E-state index contributed by atoms with van der Waals surface area (Å²) in [6, 6.07) is 7.96. The van der Waals surface area contributed by atoms with Crippen molar-refractivity contribution in [1.29, 1.82) is 0 Å². The van der Waals surface area contributed by atoms with Gasteiger partial charge in [-0.25, -0.2) is 0 Å². The molecule has 1 atom stereocenters. The fourth-order valence-corrected chi connectivity index (χ4v) is 3.62. The number of aliphatic hydroxyl groups is 1. The minimum atomic E-state index is -4.83. The molecule has 1 aromatic carbocycles. The van der Waals surface area contributed by atoms with E-state index in [4.69, 9.17) is 0 Å². The van der Waals surface area contributed by atoms with Gasteiger partial charge in [-0.3, -0.25) is 9.59 Å². The lowest BCUT2D eigenvalue weighted by molar-refractivity contribution is -0.274. The molecule has 2 aromatic heterocycles.